The predicted octanol–water partition coefficient (Wildman–Crippen LogP) is 7.59. The van der Waals surface area contributed by atoms with Gasteiger partial charge in [-0.25, -0.2) is 0 Å². The highest BCUT2D eigenvalue weighted by molar-refractivity contribution is 7.22. The Morgan fingerprint density at radius 1 is 1.37 bits per heavy atom. The smallest absolute Gasteiger partial charge is 0.267 e. The third-order valence-corrected chi connectivity index (χ3v) is 9.44. The second kappa shape index (κ2) is 8.00. The lowest BCUT2D eigenvalue weighted by atomic mass is 9.69. The van der Waals surface area contributed by atoms with Gasteiger partial charge < -0.3 is 5.32 Å². The fraction of sp³-hybridized carbons (Fsp3) is 0.417. The van der Waals surface area contributed by atoms with Crippen LogP contribution in [0.5, 0.6) is 0 Å². The number of halogens is 1. The number of nitrogens with zero attached hydrogens (tertiary/aromatic N) is 1. The highest BCUT2D eigenvalue weighted by Gasteiger charge is 2.34. The van der Waals surface area contributed by atoms with Gasteiger partial charge >= 0.3 is 0 Å². The summed E-state index contributed by atoms with van der Waals surface area (Å²) in [4.78, 5) is 14.8. The van der Waals surface area contributed by atoms with Crippen LogP contribution in [0.2, 0.25) is 5.02 Å². The van der Waals surface area contributed by atoms with Crippen molar-refractivity contribution >= 4 is 55.3 Å². The molecule has 4 rings (SSSR count). The summed E-state index contributed by atoms with van der Waals surface area (Å²) < 4.78 is 1.00. The average Bonchev–Trinajstić information content (AvgIpc) is 3.23. The van der Waals surface area contributed by atoms with E-state index in [0.717, 1.165) is 46.9 Å². The molecule has 1 amide bonds. The van der Waals surface area contributed by atoms with E-state index in [0.29, 0.717) is 26.4 Å². The second-order valence-corrected chi connectivity index (χ2v) is 11.3. The number of amides is 1. The van der Waals surface area contributed by atoms with Gasteiger partial charge in [0.15, 0.2) is 0 Å². The molecule has 2 heterocycles. The van der Waals surface area contributed by atoms with Crippen LogP contribution in [0.1, 0.15) is 64.9 Å². The second-order valence-electron chi connectivity index (χ2n) is 8.80. The number of carbonyl (C=O) groups is 1. The van der Waals surface area contributed by atoms with Crippen molar-refractivity contribution in [3.05, 3.63) is 49.7 Å². The van der Waals surface area contributed by atoms with E-state index in [4.69, 9.17) is 11.6 Å². The van der Waals surface area contributed by atoms with Crippen LogP contribution >= 0.6 is 34.3 Å². The van der Waals surface area contributed by atoms with Gasteiger partial charge in [0.05, 0.1) is 10.6 Å². The highest BCUT2D eigenvalue weighted by Crippen LogP contribution is 2.45. The molecule has 2 aromatic heterocycles. The van der Waals surface area contributed by atoms with Crippen LogP contribution in [0.3, 0.4) is 0 Å². The van der Waals surface area contributed by atoms with Crippen molar-refractivity contribution in [3.8, 4) is 6.07 Å². The lowest BCUT2D eigenvalue weighted by molar-refractivity contribution is 0.103. The van der Waals surface area contributed by atoms with Gasteiger partial charge in [-0.1, -0.05) is 50.9 Å². The minimum atomic E-state index is -0.237. The summed E-state index contributed by atoms with van der Waals surface area (Å²) >= 11 is 9.48. The molecule has 1 aromatic carbocycles. The molecule has 0 spiro atoms. The highest BCUT2D eigenvalue weighted by atomic mass is 35.5. The van der Waals surface area contributed by atoms with Crippen LogP contribution in [0.25, 0.3) is 10.1 Å². The number of hydrogen-bond donors (Lipinski definition) is 1. The van der Waals surface area contributed by atoms with Crippen molar-refractivity contribution in [3.63, 3.8) is 0 Å². The topological polar surface area (TPSA) is 52.9 Å². The van der Waals surface area contributed by atoms with Crippen molar-refractivity contribution < 1.29 is 4.79 Å². The molecule has 1 atom stereocenters. The zero-order valence-electron chi connectivity index (χ0n) is 17.7. The van der Waals surface area contributed by atoms with E-state index in [-0.39, 0.29) is 11.3 Å². The van der Waals surface area contributed by atoms with E-state index in [9.17, 15) is 10.1 Å². The Balaban J connectivity index is 1.64. The molecule has 3 aromatic rings. The summed E-state index contributed by atoms with van der Waals surface area (Å²) in [5, 5.41) is 14.8. The number of hydrogen-bond acceptors (Lipinski definition) is 4. The summed E-state index contributed by atoms with van der Waals surface area (Å²) in [6.07, 6.45) is 4.11. The third kappa shape index (κ3) is 3.66. The first-order valence-corrected chi connectivity index (χ1v) is 12.3. The number of benzene rings is 1. The first kappa shape index (κ1) is 21.4. The lowest BCUT2D eigenvalue weighted by Crippen LogP contribution is -2.28. The molecule has 0 bridgehead atoms. The number of nitriles is 1. The van der Waals surface area contributed by atoms with Gasteiger partial charge in [-0.05, 0) is 54.7 Å². The number of thiophene rings is 2. The van der Waals surface area contributed by atoms with Gasteiger partial charge in [-0.15, -0.1) is 22.7 Å². The molecule has 1 aliphatic rings. The van der Waals surface area contributed by atoms with Crippen molar-refractivity contribution in [1.29, 1.82) is 5.26 Å². The molecule has 3 nitrogen and oxygen atoms in total. The van der Waals surface area contributed by atoms with E-state index in [2.05, 4.69) is 32.2 Å². The minimum absolute atomic E-state index is 0.237. The molecular weight excluding hydrogens is 432 g/mol. The van der Waals surface area contributed by atoms with Gasteiger partial charge in [0.25, 0.3) is 5.91 Å². The molecule has 1 N–H and O–H groups in total. The van der Waals surface area contributed by atoms with Crippen LogP contribution in [-0.4, -0.2) is 5.91 Å². The first-order valence-electron chi connectivity index (χ1n) is 10.3. The van der Waals surface area contributed by atoms with Crippen molar-refractivity contribution in [2.45, 2.75) is 53.4 Å². The van der Waals surface area contributed by atoms with Crippen LogP contribution in [0, 0.1) is 29.6 Å². The summed E-state index contributed by atoms with van der Waals surface area (Å²) in [5.41, 5.74) is 3.17. The molecule has 0 radical (unpaired) electrons. The van der Waals surface area contributed by atoms with Crippen molar-refractivity contribution in [2.24, 2.45) is 11.3 Å². The van der Waals surface area contributed by atoms with Crippen molar-refractivity contribution in [1.82, 2.24) is 0 Å². The Hall–Kier alpha value is -1.87. The number of carbonyl (C=O) groups excluding carboxylic acids is 1. The number of nitrogens with one attached hydrogen (secondary N) is 1. The Kier molecular flexibility index (Phi) is 5.69. The molecule has 6 heteroatoms. The Morgan fingerprint density at radius 2 is 2.13 bits per heavy atom. The quantitative estimate of drug-likeness (QED) is 0.439. The molecule has 0 fully saturated rings. The summed E-state index contributed by atoms with van der Waals surface area (Å²) in [6, 6.07) is 8.34. The van der Waals surface area contributed by atoms with E-state index < -0.39 is 0 Å². The van der Waals surface area contributed by atoms with Crippen molar-refractivity contribution in [2.75, 3.05) is 5.32 Å². The number of aryl methyl sites for hydroxylation is 1. The number of rotatable bonds is 4. The van der Waals surface area contributed by atoms with Crippen LogP contribution in [0.15, 0.2) is 18.2 Å². The van der Waals surface area contributed by atoms with Gasteiger partial charge in [-0.3, -0.25) is 4.79 Å². The number of fused-ring (bicyclic) bond motifs is 2. The largest absolute Gasteiger partial charge is 0.312 e. The lowest BCUT2D eigenvalue weighted by Gasteiger charge is -2.36. The summed E-state index contributed by atoms with van der Waals surface area (Å²) in [5.74, 6) is 0.364. The predicted molar refractivity (Wildman–Crippen MR) is 128 cm³/mol. The zero-order chi connectivity index (χ0) is 21.6. The maximum Gasteiger partial charge on any atom is 0.267 e. The summed E-state index contributed by atoms with van der Waals surface area (Å²) in [6.45, 7) is 8.92. The minimum Gasteiger partial charge on any atom is -0.312 e. The molecule has 0 aliphatic heterocycles. The third-order valence-electron chi connectivity index (χ3n) is 6.61. The molecule has 156 valence electrons. The standard InChI is InChI=1S/C24H25ClN2OS2/c1-5-24(3,4)14-7-9-15-17(12-26)23(30-19(15)11-14)27-22(28)21-20(25)16-8-6-13(2)10-18(16)29-21/h6,8,10,14H,5,7,9,11H2,1-4H3,(H,27,28). The zero-order valence-corrected chi connectivity index (χ0v) is 20.1. The monoisotopic (exact) mass is 456 g/mol. The van der Waals surface area contributed by atoms with E-state index >= 15 is 0 Å². The van der Waals surface area contributed by atoms with Crippen LogP contribution in [0.4, 0.5) is 5.00 Å². The van der Waals surface area contributed by atoms with E-state index in [1.807, 2.05) is 25.1 Å². The summed E-state index contributed by atoms with van der Waals surface area (Å²) in [7, 11) is 0. The Morgan fingerprint density at radius 3 is 2.83 bits per heavy atom. The van der Waals surface area contributed by atoms with Crippen LogP contribution in [-0.2, 0) is 12.8 Å². The maximum absolute atomic E-state index is 13.1. The molecule has 30 heavy (non-hydrogen) atoms. The van der Waals surface area contributed by atoms with E-state index in [1.54, 1.807) is 11.3 Å². The molecule has 1 unspecified atom stereocenters. The van der Waals surface area contributed by atoms with Gasteiger partial charge in [0.1, 0.15) is 15.9 Å². The van der Waals surface area contributed by atoms with E-state index in [1.165, 1.54) is 16.2 Å². The molecular formula is C24H25ClN2OS2. The van der Waals surface area contributed by atoms with Gasteiger partial charge in [0, 0.05) is 15.0 Å². The maximum atomic E-state index is 13.1. The van der Waals surface area contributed by atoms with Gasteiger partial charge in [0.2, 0.25) is 0 Å². The average molecular weight is 457 g/mol. The molecule has 0 saturated heterocycles. The fourth-order valence-electron chi connectivity index (χ4n) is 4.23. The first-order chi connectivity index (χ1) is 14.2. The Labute approximate surface area is 190 Å². The van der Waals surface area contributed by atoms with Crippen LogP contribution < -0.4 is 5.32 Å². The molecule has 1 aliphatic carbocycles. The fourth-order valence-corrected chi connectivity index (χ4v) is 7.01. The Bertz CT molecular complexity index is 1180. The number of anilines is 1. The SMILES string of the molecule is CCC(C)(C)C1CCc2c(sc(NC(=O)c3sc4cc(C)ccc4c3Cl)c2C#N)C1. The normalized spacial score (nSPS) is 16.3. The van der Waals surface area contributed by atoms with Gasteiger partial charge in [-0.2, -0.15) is 5.26 Å². The molecule has 0 saturated carbocycles.